The van der Waals surface area contributed by atoms with E-state index in [1.807, 2.05) is 4.90 Å². The maximum absolute atomic E-state index is 17.4. The first kappa shape index (κ1) is 38.1. The number of likely N-dealkylation sites (tertiary alicyclic amines) is 2. The number of phenols is 1. The van der Waals surface area contributed by atoms with Crippen molar-refractivity contribution in [1.82, 2.24) is 24.8 Å². The third kappa shape index (κ3) is 6.83. The van der Waals surface area contributed by atoms with Crippen LogP contribution in [0.25, 0.3) is 32.9 Å². The van der Waals surface area contributed by atoms with E-state index in [0.717, 1.165) is 64.6 Å². The maximum Gasteiger partial charge on any atom is 0.319 e. The van der Waals surface area contributed by atoms with Gasteiger partial charge in [-0.15, -0.1) is 6.42 Å². The van der Waals surface area contributed by atoms with Crippen molar-refractivity contribution in [2.24, 2.45) is 5.41 Å². The van der Waals surface area contributed by atoms with Crippen LogP contribution in [0.2, 0.25) is 0 Å². The molecule has 3 atom stereocenters. The number of β-amino-alcohol motifs (C(OH)–C–C–N with tert-alkyl or cyclic N) is 1. The molecule has 4 fully saturated rings. The second-order valence-corrected chi connectivity index (χ2v) is 16.1. The van der Waals surface area contributed by atoms with Gasteiger partial charge in [-0.1, -0.05) is 18.4 Å². The van der Waals surface area contributed by atoms with Gasteiger partial charge in [-0.2, -0.15) is 9.97 Å². The fraction of sp³-hybridized carbons (Fsp3) is 0.524. The molecule has 296 valence electrons. The molecule has 0 bridgehead atoms. The fourth-order valence-corrected chi connectivity index (χ4v) is 9.76. The van der Waals surface area contributed by atoms with E-state index in [9.17, 15) is 15.0 Å². The quantitative estimate of drug-likeness (QED) is 0.233. The predicted octanol–water partition coefficient (Wildman–Crippen LogP) is 5.43. The number of phenolic OH excluding ortho intramolecular Hbond substituents is 1. The largest absolute Gasteiger partial charge is 0.508 e. The Morgan fingerprint density at radius 3 is 2.61 bits per heavy atom. The molecular formula is C42H48F2N6O6. The number of hydrogen-bond donors (Lipinski definition) is 2. The molecule has 0 spiro atoms. The highest BCUT2D eigenvalue weighted by molar-refractivity contribution is 6.04. The van der Waals surface area contributed by atoms with Gasteiger partial charge in [0.2, 0.25) is 11.8 Å². The number of aromatic hydroxyl groups is 1. The number of piperidine rings is 2. The lowest BCUT2D eigenvalue weighted by molar-refractivity contribution is -0.131. The Morgan fingerprint density at radius 2 is 1.86 bits per heavy atom. The Morgan fingerprint density at radius 1 is 1.07 bits per heavy atom. The van der Waals surface area contributed by atoms with Crippen LogP contribution in [0.15, 0.2) is 24.3 Å². The van der Waals surface area contributed by atoms with Crippen LogP contribution in [-0.2, 0) is 9.53 Å². The molecule has 56 heavy (non-hydrogen) atoms. The lowest BCUT2D eigenvalue weighted by Crippen LogP contribution is -2.57. The van der Waals surface area contributed by atoms with Crippen LogP contribution < -0.4 is 14.4 Å². The van der Waals surface area contributed by atoms with Gasteiger partial charge in [-0.05, 0) is 75.6 Å². The topological polar surface area (TPSA) is 134 Å². The van der Waals surface area contributed by atoms with E-state index >= 15 is 8.78 Å². The first-order valence-corrected chi connectivity index (χ1v) is 19.5. The number of anilines is 1. The summed E-state index contributed by atoms with van der Waals surface area (Å²) in [5.41, 5.74) is -1.88. The van der Waals surface area contributed by atoms with E-state index in [2.05, 4.69) is 15.8 Å². The lowest BCUT2D eigenvalue weighted by atomic mass is 9.74. The minimum Gasteiger partial charge on any atom is -0.508 e. The van der Waals surface area contributed by atoms with Crippen molar-refractivity contribution >= 4 is 33.4 Å². The molecule has 4 aliphatic rings. The SMILES string of the molecule is C#Cc1c(F)ccc2cc(O)cc(-c3nc(OC)c4c(N5CCOC[C@@](C)(O)C5)nc(OC[C@]56CCCC5N(C5CCN(C(C)=O)CC5)CCC6)nc4c3F)c12. The van der Waals surface area contributed by atoms with Crippen molar-refractivity contribution in [2.45, 2.75) is 76.5 Å². The number of hydrogen-bond acceptors (Lipinski definition) is 11. The Kier molecular flexibility index (Phi) is 10.1. The molecule has 2 aromatic heterocycles. The molecule has 5 heterocycles. The molecule has 4 aromatic rings. The predicted molar refractivity (Wildman–Crippen MR) is 207 cm³/mol. The number of benzene rings is 2. The van der Waals surface area contributed by atoms with Crippen molar-refractivity contribution in [1.29, 1.82) is 0 Å². The summed E-state index contributed by atoms with van der Waals surface area (Å²) in [6, 6.07) is 6.01. The number of terminal acetylenes is 1. The number of fused-ring (bicyclic) bond motifs is 3. The van der Waals surface area contributed by atoms with Crippen LogP contribution in [-0.4, -0.2) is 118 Å². The van der Waals surface area contributed by atoms with Gasteiger partial charge in [0.1, 0.15) is 39.6 Å². The summed E-state index contributed by atoms with van der Waals surface area (Å²) in [6.45, 7) is 6.94. The highest BCUT2D eigenvalue weighted by atomic mass is 19.1. The zero-order valence-electron chi connectivity index (χ0n) is 32.1. The van der Waals surface area contributed by atoms with E-state index in [4.69, 9.17) is 30.6 Å². The number of pyridine rings is 1. The summed E-state index contributed by atoms with van der Waals surface area (Å²) >= 11 is 0. The average Bonchev–Trinajstić information content (AvgIpc) is 3.54. The highest BCUT2D eigenvalue weighted by Gasteiger charge is 2.50. The van der Waals surface area contributed by atoms with E-state index < -0.39 is 17.2 Å². The van der Waals surface area contributed by atoms with Crippen LogP contribution in [0.5, 0.6) is 17.6 Å². The molecule has 1 aliphatic carbocycles. The summed E-state index contributed by atoms with van der Waals surface area (Å²) in [5, 5.41) is 22.7. The van der Waals surface area contributed by atoms with Gasteiger partial charge < -0.3 is 34.2 Å². The zero-order chi connectivity index (χ0) is 39.4. The molecule has 2 N–H and O–H groups in total. The van der Waals surface area contributed by atoms with Crippen LogP contribution in [0, 0.1) is 29.4 Å². The number of methoxy groups -OCH3 is 1. The maximum atomic E-state index is 17.4. The Hall–Kier alpha value is -4.84. The smallest absolute Gasteiger partial charge is 0.319 e. The molecule has 12 nitrogen and oxygen atoms in total. The standard InChI is InChI=1S/C42H48F2N6O6/c1-5-29-31(43)10-9-26-20-28(52)21-30(33(26)29)36-35(44)37-34(39(45-36)54-4)38(49-18-19-55-23-41(3,53)22-49)47-40(46-37)56-24-42-13-6-8-32(42)50(15-7-14-42)27-11-16-48(17-12-27)25(2)51/h1,9-10,20-21,27,32,52-53H,6-8,11-19,22-24H2,2-4H3/t32?,41-,42+/m0/s1. The summed E-state index contributed by atoms with van der Waals surface area (Å²) < 4.78 is 50.6. The molecule has 14 heteroatoms. The van der Waals surface area contributed by atoms with Gasteiger partial charge in [0.05, 0.1) is 39.0 Å². The number of ether oxygens (including phenoxy) is 3. The fourth-order valence-electron chi connectivity index (χ4n) is 9.76. The van der Waals surface area contributed by atoms with Crippen molar-refractivity contribution < 1.29 is 38.0 Å². The van der Waals surface area contributed by atoms with E-state index in [0.29, 0.717) is 30.6 Å². The van der Waals surface area contributed by atoms with Crippen LogP contribution in [0.1, 0.15) is 64.4 Å². The number of amides is 1. The second kappa shape index (κ2) is 14.9. The number of carbonyl (C=O) groups is 1. The van der Waals surface area contributed by atoms with Gasteiger partial charge in [0.15, 0.2) is 5.82 Å². The second-order valence-electron chi connectivity index (χ2n) is 16.1. The third-order valence-electron chi connectivity index (χ3n) is 12.3. The molecule has 2 aromatic carbocycles. The van der Waals surface area contributed by atoms with Crippen molar-refractivity contribution in [3.05, 3.63) is 41.5 Å². The molecule has 0 radical (unpaired) electrons. The minimum atomic E-state index is -1.26. The minimum absolute atomic E-state index is 0.0221. The lowest BCUT2D eigenvalue weighted by Gasteiger charge is -2.50. The van der Waals surface area contributed by atoms with Crippen LogP contribution in [0.4, 0.5) is 14.6 Å². The molecule has 8 rings (SSSR count). The molecule has 3 aliphatic heterocycles. The van der Waals surface area contributed by atoms with E-state index in [1.165, 1.54) is 31.4 Å². The molecule has 1 amide bonds. The molecular weight excluding hydrogens is 722 g/mol. The van der Waals surface area contributed by atoms with Gasteiger partial charge in [0, 0.05) is 55.0 Å². The summed E-state index contributed by atoms with van der Waals surface area (Å²) in [4.78, 5) is 32.6. The Bertz CT molecular complexity index is 2220. The normalized spacial score (nSPS) is 24.9. The molecule has 1 unspecified atom stereocenters. The van der Waals surface area contributed by atoms with Crippen molar-refractivity contribution in [2.75, 3.05) is 64.6 Å². The summed E-state index contributed by atoms with van der Waals surface area (Å²) in [7, 11) is 1.39. The summed E-state index contributed by atoms with van der Waals surface area (Å²) in [6.07, 6.45) is 12.7. The number of halogens is 2. The molecule has 1 saturated carbocycles. The number of aromatic nitrogens is 3. The first-order valence-electron chi connectivity index (χ1n) is 19.5. The van der Waals surface area contributed by atoms with Crippen LogP contribution >= 0.6 is 0 Å². The van der Waals surface area contributed by atoms with Crippen LogP contribution in [0.3, 0.4) is 0 Å². The number of carbonyl (C=O) groups excluding carboxylic acids is 1. The average molecular weight is 771 g/mol. The number of aliphatic hydroxyl groups is 1. The monoisotopic (exact) mass is 770 g/mol. The Balaban J connectivity index is 1.23. The number of rotatable bonds is 7. The van der Waals surface area contributed by atoms with E-state index in [1.54, 1.807) is 18.7 Å². The third-order valence-corrected chi connectivity index (χ3v) is 12.3. The van der Waals surface area contributed by atoms with Gasteiger partial charge in [0.25, 0.3) is 0 Å². The highest BCUT2D eigenvalue weighted by Crippen LogP contribution is 2.50. The van der Waals surface area contributed by atoms with E-state index in [-0.39, 0.29) is 87.6 Å². The van der Waals surface area contributed by atoms with Gasteiger partial charge in [-0.25, -0.2) is 13.8 Å². The van der Waals surface area contributed by atoms with Crippen molar-refractivity contribution in [3.8, 4) is 41.2 Å². The van der Waals surface area contributed by atoms with Gasteiger partial charge in [-0.3, -0.25) is 9.69 Å². The van der Waals surface area contributed by atoms with Gasteiger partial charge >= 0.3 is 6.01 Å². The first-order chi connectivity index (χ1) is 26.9. The summed E-state index contributed by atoms with van der Waals surface area (Å²) in [5.74, 6) is 0.986. The Labute approximate surface area is 324 Å². The van der Waals surface area contributed by atoms with Crippen molar-refractivity contribution in [3.63, 3.8) is 0 Å². The zero-order valence-corrected chi connectivity index (χ0v) is 32.1. The number of nitrogens with zero attached hydrogens (tertiary/aromatic N) is 6. The molecule has 3 saturated heterocycles.